The van der Waals surface area contributed by atoms with Crippen molar-refractivity contribution in [2.75, 3.05) is 45.8 Å². The number of benzene rings is 1. The van der Waals surface area contributed by atoms with Gasteiger partial charge in [0.15, 0.2) is 5.96 Å². The number of nitrogens with one attached hydrogen (secondary N) is 2. The first-order valence-corrected chi connectivity index (χ1v) is 12.1. The minimum absolute atomic E-state index is 0. The van der Waals surface area contributed by atoms with Crippen LogP contribution in [0, 0.1) is 13.8 Å². The number of guanidine groups is 1. The van der Waals surface area contributed by atoms with Gasteiger partial charge < -0.3 is 15.5 Å². The van der Waals surface area contributed by atoms with E-state index in [1.807, 2.05) is 6.92 Å². The molecule has 0 saturated carbocycles. The molecule has 0 bridgehead atoms. The molecule has 7 nitrogen and oxygen atoms in total. The Hall–Kier alpha value is -1.65. The highest BCUT2D eigenvalue weighted by Crippen LogP contribution is 2.11. The molecule has 1 saturated heterocycles. The highest BCUT2D eigenvalue weighted by Gasteiger charge is 2.15. The Bertz CT molecular complexity index is 839. The van der Waals surface area contributed by atoms with Gasteiger partial charge in [-0.2, -0.15) is 5.10 Å². The van der Waals surface area contributed by atoms with Gasteiger partial charge in [-0.05, 0) is 50.9 Å². The molecule has 1 aliphatic rings. The fourth-order valence-corrected chi connectivity index (χ4v) is 4.12. The number of likely N-dealkylation sites (N-methyl/N-ethyl adjacent to an activating group) is 1. The molecule has 0 spiro atoms. The number of hydrogen-bond donors (Lipinski definition) is 2. The lowest BCUT2D eigenvalue weighted by molar-refractivity contribution is 0.132. The van der Waals surface area contributed by atoms with E-state index < -0.39 is 0 Å². The minimum atomic E-state index is 0. The van der Waals surface area contributed by atoms with Gasteiger partial charge in [0, 0.05) is 58.1 Å². The van der Waals surface area contributed by atoms with Crippen LogP contribution in [0.15, 0.2) is 35.3 Å². The number of aromatic nitrogens is 2. The molecule has 1 aromatic heterocycles. The van der Waals surface area contributed by atoms with Crippen LogP contribution in [0.1, 0.15) is 42.8 Å². The van der Waals surface area contributed by atoms with Crippen molar-refractivity contribution >= 4 is 29.9 Å². The third-order valence-corrected chi connectivity index (χ3v) is 6.05. The average Bonchev–Trinajstić information content (AvgIpc) is 3.13. The zero-order valence-electron chi connectivity index (χ0n) is 20.8. The van der Waals surface area contributed by atoms with Gasteiger partial charge in [0.25, 0.3) is 0 Å². The Balaban J connectivity index is 0.00000385. The molecule has 1 fully saturated rings. The summed E-state index contributed by atoms with van der Waals surface area (Å²) in [6.07, 6.45) is 1.01. The Morgan fingerprint density at radius 2 is 1.64 bits per heavy atom. The van der Waals surface area contributed by atoms with Crippen LogP contribution in [0.2, 0.25) is 0 Å². The van der Waals surface area contributed by atoms with Gasteiger partial charge in [-0.1, -0.05) is 31.2 Å². The van der Waals surface area contributed by atoms with Crippen molar-refractivity contribution in [2.24, 2.45) is 4.99 Å². The summed E-state index contributed by atoms with van der Waals surface area (Å²) in [5.74, 6) is 0.874. The molecule has 0 atom stereocenters. The molecule has 0 amide bonds. The van der Waals surface area contributed by atoms with Crippen molar-refractivity contribution < 1.29 is 0 Å². The van der Waals surface area contributed by atoms with Crippen molar-refractivity contribution in [2.45, 2.75) is 53.8 Å². The van der Waals surface area contributed by atoms with Gasteiger partial charge in [-0.15, -0.1) is 24.0 Å². The maximum absolute atomic E-state index is 4.77. The van der Waals surface area contributed by atoms with E-state index in [0.29, 0.717) is 6.54 Å². The summed E-state index contributed by atoms with van der Waals surface area (Å²) in [5.41, 5.74) is 4.92. The molecule has 8 heteroatoms. The molecule has 1 aromatic carbocycles. The van der Waals surface area contributed by atoms with Crippen molar-refractivity contribution in [1.82, 2.24) is 30.2 Å². The van der Waals surface area contributed by atoms with E-state index in [2.05, 4.69) is 81.3 Å². The first-order chi connectivity index (χ1) is 15.6. The molecule has 2 heterocycles. The topological polar surface area (TPSA) is 60.7 Å². The van der Waals surface area contributed by atoms with Gasteiger partial charge in [-0.3, -0.25) is 9.58 Å². The molecule has 3 rings (SSSR count). The third kappa shape index (κ3) is 9.25. The molecular weight excluding hydrogens is 525 g/mol. The first-order valence-electron chi connectivity index (χ1n) is 12.1. The fraction of sp³-hybridized carbons (Fsp3) is 0.600. The number of aryl methyl sites for hydroxylation is 3. The quantitative estimate of drug-likeness (QED) is 0.200. The lowest BCUT2D eigenvalue weighted by atomic mass is 10.1. The van der Waals surface area contributed by atoms with Gasteiger partial charge in [0.1, 0.15) is 0 Å². The molecule has 2 aromatic rings. The number of nitrogens with zero attached hydrogens (tertiary/aromatic N) is 5. The van der Waals surface area contributed by atoms with E-state index in [0.717, 1.165) is 63.9 Å². The number of aliphatic imine (C=N–C) groups is 1. The summed E-state index contributed by atoms with van der Waals surface area (Å²) in [6.45, 7) is 18.7. The Labute approximate surface area is 217 Å². The lowest BCUT2D eigenvalue weighted by Crippen LogP contribution is -2.45. The summed E-state index contributed by atoms with van der Waals surface area (Å²) in [7, 11) is 0. The molecule has 33 heavy (non-hydrogen) atoms. The smallest absolute Gasteiger partial charge is 0.191 e. The zero-order chi connectivity index (χ0) is 22.8. The Morgan fingerprint density at radius 1 is 0.970 bits per heavy atom. The number of hydrogen-bond acceptors (Lipinski definition) is 4. The maximum atomic E-state index is 4.77. The van der Waals surface area contributed by atoms with Crippen LogP contribution in [-0.4, -0.2) is 71.4 Å². The van der Waals surface area contributed by atoms with Crippen molar-refractivity contribution in [3.63, 3.8) is 0 Å². The molecule has 184 valence electrons. The molecule has 0 radical (unpaired) electrons. The second-order valence-electron chi connectivity index (χ2n) is 8.65. The molecule has 0 aliphatic carbocycles. The highest BCUT2D eigenvalue weighted by atomic mass is 127. The van der Waals surface area contributed by atoms with E-state index in [9.17, 15) is 0 Å². The summed E-state index contributed by atoms with van der Waals surface area (Å²) in [4.78, 5) is 9.84. The van der Waals surface area contributed by atoms with Crippen molar-refractivity contribution in [3.05, 3.63) is 52.8 Å². The van der Waals surface area contributed by atoms with Crippen LogP contribution in [0.3, 0.4) is 0 Å². The fourth-order valence-electron chi connectivity index (χ4n) is 4.12. The highest BCUT2D eigenvalue weighted by molar-refractivity contribution is 14.0. The first kappa shape index (κ1) is 27.6. The number of rotatable bonds is 10. The zero-order valence-corrected chi connectivity index (χ0v) is 23.1. The van der Waals surface area contributed by atoms with E-state index in [-0.39, 0.29) is 24.0 Å². The van der Waals surface area contributed by atoms with Crippen LogP contribution in [0.25, 0.3) is 0 Å². The molecule has 2 N–H and O–H groups in total. The van der Waals surface area contributed by atoms with Crippen LogP contribution in [0.4, 0.5) is 0 Å². The van der Waals surface area contributed by atoms with E-state index in [4.69, 9.17) is 4.99 Å². The lowest BCUT2D eigenvalue weighted by Gasteiger charge is -2.34. The van der Waals surface area contributed by atoms with Crippen molar-refractivity contribution in [1.29, 1.82) is 0 Å². The summed E-state index contributed by atoms with van der Waals surface area (Å²) in [6, 6.07) is 11.1. The van der Waals surface area contributed by atoms with Crippen LogP contribution in [0.5, 0.6) is 0 Å². The summed E-state index contributed by atoms with van der Waals surface area (Å²) in [5, 5.41) is 11.3. The maximum Gasteiger partial charge on any atom is 0.191 e. The SMILES string of the molecule is CCNC(=NCc1ccc(CN2CCN(CC)CC2)cc1)NCCCn1nc(C)cc1C.I. The van der Waals surface area contributed by atoms with Crippen LogP contribution in [-0.2, 0) is 19.6 Å². The van der Waals surface area contributed by atoms with Crippen LogP contribution < -0.4 is 10.6 Å². The minimum Gasteiger partial charge on any atom is -0.357 e. The Morgan fingerprint density at radius 3 is 2.24 bits per heavy atom. The van der Waals surface area contributed by atoms with Gasteiger partial charge >= 0.3 is 0 Å². The van der Waals surface area contributed by atoms with Gasteiger partial charge in [-0.25, -0.2) is 4.99 Å². The normalized spacial score (nSPS) is 15.3. The van der Waals surface area contributed by atoms with E-state index in [1.54, 1.807) is 0 Å². The second kappa shape index (κ2) is 14.6. The van der Waals surface area contributed by atoms with Gasteiger partial charge in [0.2, 0.25) is 0 Å². The largest absolute Gasteiger partial charge is 0.357 e. The van der Waals surface area contributed by atoms with E-state index >= 15 is 0 Å². The Kier molecular flexibility index (Phi) is 12.2. The van der Waals surface area contributed by atoms with Crippen molar-refractivity contribution in [3.8, 4) is 0 Å². The third-order valence-electron chi connectivity index (χ3n) is 6.05. The summed E-state index contributed by atoms with van der Waals surface area (Å²) < 4.78 is 2.08. The molecular formula is C25H42IN7. The van der Waals surface area contributed by atoms with E-state index in [1.165, 1.54) is 29.9 Å². The second-order valence-corrected chi connectivity index (χ2v) is 8.65. The standard InChI is InChI=1S/C25H41N7.HI/c1-5-26-25(27-12-7-13-32-22(4)18-21(3)29-32)28-19-23-8-10-24(11-9-23)20-31-16-14-30(6-2)15-17-31;/h8-11,18H,5-7,12-17,19-20H2,1-4H3,(H2,26,27,28);1H. The average molecular weight is 568 g/mol. The number of halogens is 1. The predicted molar refractivity (Wildman–Crippen MR) is 148 cm³/mol. The molecule has 1 aliphatic heterocycles. The van der Waals surface area contributed by atoms with Crippen LogP contribution >= 0.6 is 24.0 Å². The molecule has 0 unspecified atom stereocenters. The predicted octanol–water partition coefficient (Wildman–Crippen LogP) is 3.40. The summed E-state index contributed by atoms with van der Waals surface area (Å²) >= 11 is 0. The monoisotopic (exact) mass is 567 g/mol. The van der Waals surface area contributed by atoms with Gasteiger partial charge in [0.05, 0.1) is 12.2 Å². The number of piperazine rings is 1.